The van der Waals surface area contributed by atoms with E-state index in [1.165, 1.54) is 33.9 Å². The molecule has 0 nitrogen and oxygen atoms in total. The minimum absolute atomic E-state index is 0.264. The van der Waals surface area contributed by atoms with Crippen molar-refractivity contribution in [2.75, 3.05) is 5.75 Å². The van der Waals surface area contributed by atoms with Crippen LogP contribution in [0, 0.1) is 0 Å². The summed E-state index contributed by atoms with van der Waals surface area (Å²) in [5.74, 6) is 2.44. The maximum Gasteiger partial charge on any atom is 0.0749 e. The molecule has 5 heteroatoms. The Hall–Kier alpha value is 0.710. The van der Waals surface area contributed by atoms with Crippen LogP contribution in [0.1, 0.15) is 25.7 Å². The Morgan fingerprint density at radius 2 is 2.00 bits per heavy atom. The average Bonchev–Trinajstić information content (AvgIpc) is 2.84. The lowest BCUT2D eigenvalue weighted by Crippen LogP contribution is -1.96. The van der Waals surface area contributed by atoms with E-state index in [9.17, 15) is 0 Å². The van der Waals surface area contributed by atoms with Gasteiger partial charge in [0.25, 0.3) is 0 Å². The van der Waals surface area contributed by atoms with Crippen molar-refractivity contribution in [3.8, 4) is 0 Å². The van der Waals surface area contributed by atoms with Crippen LogP contribution in [0.4, 0.5) is 0 Å². The molecule has 1 aliphatic heterocycles. The molecule has 19 heavy (non-hydrogen) atoms. The molecule has 0 N–H and O–H groups in total. The summed E-state index contributed by atoms with van der Waals surface area (Å²) in [5.41, 5.74) is 2.81. The molecule has 2 aromatic rings. The molecule has 2 heterocycles. The van der Waals surface area contributed by atoms with E-state index in [1.54, 1.807) is 4.88 Å². The quantitative estimate of drug-likeness (QED) is 0.437. The lowest BCUT2D eigenvalue weighted by molar-refractivity contribution is 1.13. The summed E-state index contributed by atoms with van der Waals surface area (Å²) in [7, 11) is 0. The number of aryl methyl sites for hydroxylation is 1. The lowest BCUT2D eigenvalue weighted by atomic mass is 10.1. The molecule has 0 bridgehead atoms. The zero-order chi connectivity index (χ0) is 13.4. The van der Waals surface area contributed by atoms with Crippen molar-refractivity contribution in [3.63, 3.8) is 0 Å². The van der Waals surface area contributed by atoms with Gasteiger partial charge in [-0.2, -0.15) is 11.8 Å². The number of fused-ring (bicyclic) bond motifs is 1. The SMILES string of the molecule is Brc1ccc(Br)c(C(Br)c2cc3c(s2)CCSC3)c1. The third-order valence-corrected chi connectivity index (χ3v) is 7.94. The van der Waals surface area contributed by atoms with Crippen LogP contribution in [0.5, 0.6) is 0 Å². The van der Waals surface area contributed by atoms with E-state index in [0.29, 0.717) is 0 Å². The van der Waals surface area contributed by atoms with Crippen LogP contribution in [-0.2, 0) is 12.2 Å². The number of alkyl halides is 1. The standard InChI is InChI=1S/C14H11Br3S2/c15-9-1-2-11(16)10(6-9)14(17)13-5-8-7-18-4-3-12(8)19-13/h1-2,5-6,14H,3-4,7H2. The largest absolute Gasteiger partial charge is 0.157 e. The van der Waals surface area contributed by atoms with E-state index >= 15 is 0 Å². The number of hydrogen-bond acceptors (Lipinski definition) is 2. The highest BCUT2D eigenvalue weighted by atomic mass is 79.9. The van der Waals surface area contributed by atoms with E-state index in [2.05, 4.69) is 72.1 Å². The van der Waals surface area contributed by atoms with Crippen LogP contribution in [0.3, 0.4) is 0 Å². The normalized spacial score (nSPS) is 16.2. The van der Waals surface area contributed by atoms with Gasteiger partial charge in [-0.1, -0.05) is 47.8 Å². The first-order valence-corrected chi connectivity index (χ1v) is 10.4. The second-order valence-corrected chi connectivity index (χ2v) is 9.39. The molecule has 0 fully saturated rings. The summed E-state index contributed by atoms with van der Waals surface area (Å²) in [6.45, 7) is 0. The fourth-order valence-electron chi connectivity index (χ4n) is 2.16. The summed E-state index contributed by atoms with van der Waals surface area (Å²) in [5, 5.41) is 0. The van der Waals surface area contributed by atoms with Crippen molar-refractivity contribution < 1.29 is 0 Å². The molecular weight excluding hydrogens is 472 g/mol. The topological polar surface area (TPSA) is 0 Å². The molecule has 1 atom stereocenters. The Bertz CT molecular complexity index is 583. The number of thiophene rings is 1. The molecule has 100 valence electrons. The van der Waals surface area contributed by atoms with E-state index < -0.39 is 0 Å². The molecule has 3 rings (SSSR count). The van der Waals surface area contributed by atoms with Gasteiger partial charge in [0.1, 0.15) is 0 Å². The van der Waals surface area contributed by atoms with Crippen LogP contribution >= 0.6 is 70.9 Å². The Morgan fingerprint density at radius 3 is 2.79 bits per heavy atom. The van der Waals surface area contributed by atoms with Crippen molar-refractivity contribution in [1.29, 1.82) is 0 Å². The number of halogens is 3. The molecule has 0 amide bonds. The van der Waals surface area contributed by atoms with Crippen molar-refractivity contribution >= 4 is 70.9 Å². The third kappa shape index (κ3) is 3.15. The Kier molecular flexibility index (Phi) is 4.79. The van der Waals surface area contributed by atoms with Gasteiger partial charge in [-0.25, -0.2) is 0 Å². The van der Waals surface area contributed by atoms with Gasteiger partial charge in [-0.15, -0.1) is 11.3 Å². The number of thioether (sulfide) groups is 1. The molecule has 0 radical (unpaired) electrons. The highest BCUT2D eigenvalue weighted by Crippen LogP contribution is 2.42. The highest BCUT2D eigenvalue weighted by molar-refractivity contribution is 9.11. The zero-order valence-electron chi connectivity index (χ0n) is 9.96. The maximum absolute atomic E-state index is 3.86. The minimum atomic E-state index is 0.264. The lowest BCUT2D eigenvalue weighted by Gasteiger charge is -2.11. The average molecular weight is 483 g/mol. The first kappa shape index (κ1) is 14.6. The van der Waals surface area contributed by atoms with Crippen molar-refractivity contribution in [3.05, 3.63) is 54.1 Å². The fraction of sp³-hybridized carbons (Fsp3) is 0.286. The molecule has 0 saturated carbocycles. The van der Waals surface area contributed by atoms with E-state index in [1.807, 2.05) is 23.1 Å². The molecule has 0 saturated heterocycles. The second kappa shape index (κ2) is 6.22. The number of hydrogen-bond donors (Lipinski definition) is 0. The first-order chi connectivity index (χ1) is 9.15. The van der Waals surface area contributed by atoms with Gasteiger partial charge in [-0.3, -0.25) is 0 Å². The maximum atomic E-state index is 3.86. The smallest absolute Gasteiger partial charge is 0.0749 e. The Morgan fingerprint density at radius 1 is 1.16 bits per heavy atom. The van der Waals surface area contributed by atoms with Gasteiger partial charge in [0.05, 0.1) is 4.83 Å². The molecule has 1 aromatic heterocycles. The van der Waals surface area contributed by atoms with Gasteiger partial charge in [0.2, 0.25) is 0 Å². The monoisotopic (exact) mass is 480 g/mol. The van der Waals surface area contributed by atoms with Crippen LogP contribution in [0.15, 0.2) is 33.2 Å². The predicted octanol–water partition coefficient (Wildman–Crippen LogP) is 6.55. The third-order valence-electron chi connectivity index (χ3n) is 3.13. The number of rotatable bonds is 2. The van der Waals surface area contributed by atoms with Crippen molar-refractivity contribution in [1.82, 2.24) is 0 Å². The molecule has 0 aliphatic carbocycles. The zero-order valence-corrected chi connectivity index (χ0v) is 16.3. The van der Waals surface area contributed by atoms with E-state index in [4.69, 9.17) is 0 Å². The molecule has 1 unspecified atom stereocenters. The summed E-state index contributed by atoms with van der Waals surface area (Å²) in [6, 6.07) is 8.70. The molecular formula is C14H11Br3S2. The van der Waals surface area contributed by atoms with Gasteiger partial charge in [0.15, 0.2) is 0 Å². The summed E-state index contributed by atoms with van der Waals surface area (Å²) in [6.07, 6.45) is 1.23. The van der Waals surface area contributed by atoms with Gasteiger partial charge in [-0.05, 0) is 47.6 Å². The van der Waals surface area contributed by atoms with Crippen molar-refractivity contribution in [2.45, 2.75) is 17.0 Å². The molecule has 1 aliphatic rings. The summed E-state index contributed by atoms with van der Waals surface area (Å²) in [4.78, 5) is 3.25. The number of benzene rings is 1. The van der Waals surface area contributed by atoms with E-state index in [0.717, 1.165) is 8.95 Å². The second-order valence-electron chi connectivity index (χ2n) is 4.43. The molecule has 0 spiro atoms. The van der Waals surface area contributed by atoms with Gasteiger partial charge < -0.3 is 0 Å². The summed E-state index contributed by atoms with van der Waals surface area (Å²) >= 11 is 15.1. The predicted molar refractivity (Wildman–Crippen MR) is 96.8 cm³/mol. The van der Waals surface area contributed by atoms with Crippen LogP contribution in [0.25, 0.3) is 0 Å². The van der Waals surface area contributed by atoms with E-state index in [-0.39, 0.29) is 4.83 Å². The molecule has 1 aromatic carbocycles. The van der Waals surface area contributed by atoms with Crippen LogP contribution in [0.2, 0.25) is 0 Å². The minimum Gasteiger partial charge on any atom is -0.157 e. The summed E-state index contributed by atoms with van der Waals surface area (Å²) < 4.78 is 2.27. The van der Waals surface area contributed by atoms with Gasteiger partial charge >= 0.3 is 0 Å². The first-order valence-electron chi connectivity index (χ1n) is 5.93. The Balaban J connectivity index is 1.97. The van der Waals surface area contributed by atoms with Crippen LogP contribution in [-0.4, -0.2) is 5.75 Å². The fourth-order valence-corrected chi connectivity index (χ4v) is 6.48. The van der Waals surface area contributed by atoms with Crippen LogP contribution < -0.4 is 0 Å². The highest BCUT2D eigenvalue weighted by Gasteiger charge is 2.20. The Labute approximate surface area is 146 Å². The van der Waals surface area contributed by atoms with Crippen molar-refractivity contribution in [2.24, 2.45) is 0 Å². The van der Waals surface area contributed by atoms with Gasteiger partial charge in [0, 0.05) is 24.5 Å².